The fraction of sp³-hybridized carbons (Fsp3) is 0.357. The molecule has 8 nitrogen and oxygen atoms in total. The minimum Gasteiger partial charge on any atom is -0.497 e. The number of hydrogen-bond acceptors (Lipinski definition) is 6. The van der Waals surface area contributed by atoms with Crippen LogP contribution in [0.25, 0.3) is 0 Å². The first-order valence-corrected chi connectivity index (χ1v) is 6.41. The highest BCUT2D eigenvalue weighted by Gasteiger charge is 2.10. The molecule has 0 spiro atoms. The number of carbonyl (C=O) groups is 3. The Bertz CT molecular complexity index is 536. The molecule has 1 aromatic carbocycles. The fourth-order valence-electron chi connectivity index (χ4n) is 1.65. The zero-order chi connectivity index (χ0) is 16.5. The Morgan fingerprint density at radius 1 is 1.09 bits per heavy atom. The van der Waals surface area contributed by atoms with Gasteiger partial charge in [0.05, 0.1) is 14.2 Å². The molecule has 22 heavy (non-hydrogen) atoms. The van der Waals surface area contributed by atoms with Crippen molar-refractivity contribution >= 4 is 17.9 Å². The summed E-state index contributed by atoms with van der Waals surface area (Å²) in [5.74, 6) is -0.114. The largest absolute Gasteiger partial charge is 0.497 e. The maximum atomic E-state index is 11.5. The van der Waals surface area contributed by atoms with Crippen molar-refractivity contribution in [3.8, 4) is 11.5 Å². The second-order valence-electron chi connectivity index (χ2n) is 4.29. The molecule has 3 N–H and O–H groups in total. The molecule has 0 bridgehead atoms. The van der Waals surface area contributed by atoms with Gasteiger partial charge in [-0.1, -0.05) is 0 Å². The Hall–Kier alpha value is -2.77. The molecule has 0 fully saturated rings. The summed E-state index contributed by atoms with van der Waals surface area (Å²) in [6, 6.07) is 4.27. The van der Waals surface area contributed by atoms with E-state index in [4.69, 9.17) is 19.9 Å². The summed E-state index contributed by atoms with van der Waals surface area (Å²) in [7, 11) is 3.06. The van der Waals surface area contributed by atoms with Gasteiger partial charge >= 0.3 is 12.0 Å². The van der Waals surface area contributed by atoms with Gasteiger partial charge < -0.3 is 19.9 Å². The summed E-state index contributed by atoms with van der Waals surface area (Å²) >= 11 is 0. The van der Waals surface area contributed by atoms with Crippen LogP contribution in [-0.2, 0) is 20.7 Å². The first-order valence-electron chi connectivity index (χ1n) is 6.41. The van der Waals surface area contributed by atoms with Crippen molar-refractivity contribution in [2.24, 2.45) is 5.73 Å². The highest BCUT2D eigenvalue weighted by molar-refractivity contribution is 5.94. The van der Waals surface area contributed by atoms with E-state index in [0.29, 0.717) is 17.9 Å². The summed E-state index contributed by atoms with van der Waals surface area (Å²) in [6.07, 6.45) is 0.462. The van der Waals surface area contributed by atoms with Gasteiger partial charge in [-0.2, -0.15) is 0 Å². The number of primary amides is 1. The fourth-order valence-corrected chi connectivity index (χ4v) is 1.65. The third-order valence-electron chi connectivity index (χ3n) is 2.66. The topological polar surface area (TPSA) is 117 Å². The van der Waals surface area contributed by atoms with E-state index in [0.717, 1.165) is 5.56 Å². The smallest absolute Gasteiger partial charge is 0.318 e. The van der Waals surface area contributed by atoms with E-state index in [9.17, 15) is 14.4 Å². The van der Waals surface area contributed by atoms with Gasteiger partial charge in [-0.25, -0.2) is 4.79 Å². The third kappa shape index (κ3) is 6.12. The van der Waals surface area contributed by atoms with Crippen molar-refractivity contribution < 1.29 is 28.6 Å². The number of esters is 1. The van der Waals surface area contributed by atoms with E-state index < -0.39 is 24.5 Å². The van der Waals surface area contributed by atoms with Crippen molar-refractivity contribution in [2.45, 2.75) is 12.8 Å². The lowest BCUT2D eigenvalue weighted by molar-refractivity contribution is -0.148. The zero-order valence-corrected chi connectivity index (χ0v) is 12.4. The minimum atomic E-state index is -0.996. The molecule has 0 aromatic heterocycles. The van der Waals surface area contributed by atoms with E-state index in [-0.39, 0.29) is 6.42 Å². The molecule has 0 heterocycles. The van der Waals surface area contributed by atoms with Crippen LogP contribution in [-0.4, -0.2) is 38.7 Å². The molecule has 0 saturated carbocycles. The molecule has 1 aromatic rings. The van der Waals surface area contributed by atoms with Crippen LogP contribution in [0, 0.1) is 0 Å². The van der Waals surface area contributed by atoms with E-state index >= 15 is 0 Å². The summed E-state index contributed by atoms with van der Waals surface area (Å²) < 4.78 is 15.0. The summed E-state index contributed by atoms with van der Waals surface area (Å²) in [5, 5.41) is 1.79. The average molecular weight is 310 g/mol. The Morgan fingerprint density at radius 3 is 2.18 bits per heavy atom. The molecule has 0 aliphatic heterocycles. The van der Waals surface area contributed by atoms with Crippen LogP contribution in [0.1, 0.15) is 12.0 Å². The highest BCUT2D eigenvalue weighted by atomic mass is 16.5. The number of methoxy groups -OCH3 is 2. The molecule has 1 rings (SSSR count). The van der Waals surface area contributed by atoms with E-state index in [2.05, 4.69) is 0 Å². The Balaban J connectivity index is 2.47. The predicted octanol–water partition coefficient (Wildman–Crippen LogP) is 0.374. The highest BCUT2D eigenvalue weighted by Crippen LogP contribution is 2.23. The van der Waals surface area contributed by atoms with E-state index in [1.165, 1.54) is 14.2 Å². The van der Waals surface area contributed by atoms with Gasteiger partial charge in [-0.3, -0.25) is 14.9 Å². The predicted molar refractivity (Wildman–Crippen MR) is 76.6 cm³/mol. The van der Waals surface area contributed by atoms with Crippen LogP contribution < -0.4 is 20.5 Å². The number of hydrogen-bond donors (Lipinski definition) is 2. The van der Waals surface area contributed by atoms with Crippen molar-refractivity contribution in [2.75, 3.05) is 20.8 Å². The van der Waals surface area contributed by atoms with Gasteiger partial charge in [0.1, 0.15) is 11.5 Å². The van der Waals surface area contributed by atoms with E-state index in [1.54, 1.807) is 23.5 Å². The number of urea groups is 1. The molecule has 8 heteroatoms. The first kappa shape index (κ1) is 17.3. The van der Waals surface area contributed by atoms with Gasteiger partial charge in [0.15, 0.2) is 6.61 Å². The monoisotopic (exact) mass is 310 g/mol. The Kier molecular flexibility index (Phi) is 6.68. The number of aryl methyl sites for hydroxylation is 1. The lowest BCUT2D eigenvalue weighted by atomic mass is 10.1. The molecule has 0 aliphatic carbocycles. The van der Waals surface area contributed by atoms with Crippen molar-refractivity contribution in [1.82, 2.24) is 5.32 Å². The standard InChI is InChI=1S/C14H18N2O6/c1-20-10-5-9(6-11(7-10)21-2)3-4-13(18)22-8-12(17)16-14(15)19/h5-7H,3-4,8H2,1-2H3,(H3,15,16,17,19). The maximum Gasteiger partial charge on any atom is 0.318 e. The summed E-state index contributed by atoms with van der Waals surface area (Å²) in [4.78, 5) is 33.0. The number of imide groups is 1. The number of benzene rings is 1. The van der Waals surface area contributed by atoms with Gasteiger partial charge in [-0.05, 0) is 24.1 Å². The van der Waals surface area contributed by atoms with Crippen LogP contribution in [0.3, 0.4) is 0 Å². The van der Waals surface area contributed by atoms with E-state index in [1.807, 2.05) is 0 Å². The number of nitrogens with one attached hydrogen (secondary N) is 1. The normalized spacial score (nSPS) is 9.73. The van der Waals surface area contributed by atoms with Crippen molar-refractivity contribution in [1.29, 1.82) is 0 Å². The lowest BCUT2D eigenvalue weighted by Crippen LogP contribution is -2.37. The van der Waals surface area contributed by atoms with Crippen LogP contribution in [0.2, 0.25) is 0 Å². The van der Waals surface area contributed by atoms with Gasteiger partial charge in [0, 0.05) is 12.5 Å². The molecular weight excluding hydrogens is 292 g/mol. The van der Waals surface area contributed by atoms with Gasteiger partial charge in [0.2, 0.25) is 0 Å². The molecule has 120 valence electrons. The molecule has 0 aliphatic rings. The molecule has 3 amide bonds. The number of rotatable bonds is 7. The average Bonchev–Trinajstić information content (AvgIpc) is 2.49. The lowest BCUT2D eigenvalue weighted by Gasteiger charge is -2.08. The van der Waals surface area contributed by atoms with Crippen molar-refractivity contribution in [3.05, 3.63) is 23.8 Å². The molecular formula is C14H18N2O6. The summed E-state index contributed by atoms with van der Waals surface area (Å²) in [5.41, 5.74) is 5.58. The third-order valence-corrected chi connectivity index (χ3v) is 2.66. The van der Waals surface area contributed by atoms with Crippen LogP contribution in [0.5, 0.6) is 11.5 Å². The summed E-state index contributed by atoms with van der Waals surface area (Å²) in [6.45, 7) is -0.552. The number of carbonyl (C=O) groups excluding carboxylic acids is 3. The van der Waals surface area contributed by atoms with Crippen LogP contribution in [0.15, 0.2) is 18.2 Å². The Labute approximate surface area is 127 Å². The minimum absolute atomic E-state index is 0.0696. The number of amides is 3. The molecule has 0 unspecified atom stereocenters. The molecule has 0 saturated heterocycles. The second kappa shape index (κ2) is 8.50. The van der Waals surface area contributed by atoms with Gasteiger partial charge in [-0.15, -0.1) is 0 Å². The zero-order valence-electron chi connectivity index (χ0n) is 12.4. The Morgan fingerprint density at radius 2 is 1.68 bits per heavy atom. The molecule has 0 atom stereocenters. The first-order chi connectivity index (χ1) is 10.4. The number of ether oxygens (including phenoxy) is 3. The SMILES string of the molecule is COc1cc(CCC(=O)OCC(=O)NC(N)=O)cc(OC)c1. The quantitative estimate of drug-likeness (QED) is 0.703. The van der Waals surface area contributed by atoms with Crippen LogP contribution in [0.4, 0.5) is 4.79 Å². The maximum absolute atomic E-state index is 11.5. The van der Waals surface area contributed by atoms with Crippen LogP contribution >= 0.6 is 0 Å². The molecule has 0 radical (unpaired) electrons. The van der Waals surface area contributed by atoms with Gasteiger partial charge in [0.25, 0.3) is 5.91 Å². The second-order valence-corrected chi connectivity index (χ2v) is 4.29. The van der Waals surface area contributed by atoms with Crippen molar-refractivity contribution in [3.63, 3.8) is 0 Å². The number of nitrogens with two attached hydrogens (primary N) is 1.